The number of alkyl halides is 3. The number of rotatable bonds is 8. The fourth-order valence-corrected chi connectivity index (χ4v) is 5.25. The number of hydrogen-bond acceptors (Lipinski definition) is 3. The molecule has 0 spiro atoms. The molecule has 4 aromatic rings. The van der Waals surface area contributed by atoms with E-state index in [-0.39, 0.29) is 36.5 Å². The maximum absolute atomic E-state index is 13.4. The van der Waals surface area contributed by atoms with Gasteiger partial charge in [-0.25, -0.2) is 0 Å². The molecule has 0 saturated heterocycles. The molecule has 0 aliphatic heterocycles. The molecule has 0 radical (unpaired) electrons. The summed E-state index contributed by atoms with van der Waals surface area (Å²) in [7, 11) is 0. The van der Waals surface area contributed by atoms with Crippen molar-refractivity contribution < 1.29 is 22.8 Å². The molecule has 42 heavy (non-hydrogen) atoms. The Morgan fingerprint density at radius 2 is 1.36 bits per heavy atom. The third-order valence-corrected chi connectivity index (χ3v) is 7.59. The molecule has 8 heteroatoms. The highest BCUT2D eigenvalue weighted by molar-refractivity contribution is 5.95. The first-order valence-corrected chi connectivity index (χ1v) is 14.1. The molecule has 1 aliphatic rings. The lowest BCUT2D eigenvalue weighted by Crippen LogP contribution is -2.36. The summed E-state index contributed by atoms with van der Waals surface area (Å²) in [6, 6.07) is 23.4. The molecule has 5 rings (SSSR count). The second-order valence-electron chi connectivity index (χ2n) is 10.7. The molecule has 1 N–H and O–H groups in total. The van der Waals surface area contributed by atoms with Crippen LogP contribution < -0.4 is 5.32 Å². The number of nitrogens with zero attached hydrogens (tertiary/aromatic N) is 2. The Labute approximate surface area is 243 Å². The molecule has 216 valence electrons. The van der Waals surface area contributed by atoms with Gasteiger partial charge in [-0.15, -0.1) is 0 Å². The summed E-state index contributed by atoms with van der Waals surface area (Å²) < 4.78 is 39.1. The number of carbonyl (C=O) groups excluding carboxylic acids is 2. The molecule has 2 amide bonds. The number of amides is 2. The van der Waals surface area contributed by atoms with Crippen LogP contribution in [0.15, 0.2) is 97.3 Å². The van der Waals surface area contributed by atoms with Gasteiger partial charge in [-0.2, -0.15) is 13.2 Å². The maximum atomic E-state index is 13.4. The first kappa shape index (κ1) is 29.0. The van der Waals surface area contributed by atoms with Crippen molar-refractivity contribution in [2.45, 2.75) is 57.4 Å². The molecular formula is C34H32F3N3O2. The molecule has 0 atom stereocenters. The first-order chi connectivity index (χ1) is 20.3. The molecular weight excluding hydrogens is 539 g/mol. The molecule has 3 aromatic carbocycles. The van der Waals surface area contributed by atoms with Crippen molar-refractivity contribution in [3.8, 4) is 11.1 Å². The topological polar surface area (TPSA) is 62.3 Å². The minimum Gasteiger partial charge on any atom is -0.349 e. The molecule has 0 unspecified atom stereocenters. The van der Waals surface area contributed by atoms with Gasteiger partial charge in [0.2, 0.25) is 0 Å². The number of nitrogens with one attached hydrogen (secondary N) is 1. The predicted molar refractivity (Wildman–Crippen MR) is 155 cm³/mol. The first-order valence-electron chi connectivity index (χ1n) is 14.1. The van der Waals surface area contributed by atoms with Crippen LogP contribution in [0.25, 0.3) is 11.1 Å². The molecule has 1 aliphatic carbocycles. The Morgan fingerprint density at radius 3 is 1.95 bits per heavy atom. The standard InChI is InChI=1S/C34H32F3N3O2/c35-34(36,37)30-18-16-29(17-19-30)33(42)40(23-25-5-4-20-38-21-25)22-24-8-10-26(11-9-24)27-12-14-28(15-13-27)32(41)39-31-6-2-1-3-7-31/h4-5,8-21,31H,1-3,6-7,22-23H2,(H,39,41). The van der Waals surface area contributed by atoms with Crippen molar-refractivity contribution in [1.29, 1.82) is 0 Å². The van der Waals surface area contributed by atoms with Gasteiger partial charge in [-0.3, -0.25) is 14.6 Å². The number of aromatic nitrogens is 1. The quantitative estimate of drug-likeness (QED) is 0.236. The normalized spacial score (nSPS) is 13.9. The lowest BCUT2D eigenvalue weighted by molar-refractivity contribution is -0.137. The molecule has 0 bridgehead atoms. The van der Waals surface area contributed by atoms with Crippen LogP contribution >= 0.6 is 0 Å². The smallest absolute Gasteiger partial charge is 0.349 e. The minimum absolute atomic E-state index is 0.0461. The van der Waals surface area contributed by atoms with Crippen LogP contribution in [0.1, 0.15) is 69.5 Å². The largest absolute Gasteiger partial charge is 0.416 e. The molecule has 5 nitrogen and oxygen atoms in total. The SMILES string of the molecule is O=C(NC1CCCCC1)c1ccc(-c2ccc(CN(Cc3cccnc3)C(=O)c3ccc(C(F)(F)F)cc3)cc2)cc1. The average molecular weight is 572 g/mol. The highest BCUT2D eigenvalue weighted by atomic mass is 19.4. The van der Waals surface area contributed by atoms with E-state index in [1.54, 1.807) is 23.4 Å². The van der Waals surface area contributed by atoms with Crippen LogP contribution in [0.5, 0.6) is 0 Å². The fraction of sp³-hybridized carbons (Fsp3) is 0.265. The lowest BCUT2D eigenvalue weighted by atomic mass is 9.95. The van der Waals surface area contributed by atoms with Gasteiger partial charge in [0.15, 0.2) is 0 Å². The third-order valence-electron chi connectivity index (χ3n) is 7.59. The van der Waals surface area contributed by atoms with Gasteiger partial charge >= 0.3 is 6.18 Å². The van der Waals surface area contributed by atoms with E-state index in [0.29, 0.717) is 5.56 Å². The van der Waals surface area contributed by atoms with E-state index >= 15 is 0 Å². The zero-order chi connectivity index (χ0) is 29.5. The second-order valence-corrected chi connectivity index (χ2v) is 10.7. The Kier molecular flexibility index (Phi) is 9.00. The summed E-state index contributed by atoms with van der Waals surface area (Å²) in [5.74, 6) is -0.422. The summed E-state index contributed by atoms with van der Waals surface area (Å²) in [5.41, 5.74) is 3.61. The summed E-state index contributed by atoms with van der Waals surface area (Å²) in [6.45, 7) is 0.509. The van der Waals surface area contributed by atoms with Gasteiger partial charge in [0.1, 0.15) is 0 Å². The van der Waals surface area contributed by atoms with Crippen molar-refractivity contribution in [3.63, 3.8) is 0 Å². The van der Waals surface area contributed by atoms with Crippen molar-refractivity contribution >= 4 is 11.8 Å². The van der Waals surface area contributed by atoms with E-state index in [1.165, 1.54) is 18.6 Å². The van der Waals surface area contributed by atoms with Gasteiger partial charge in [-0.05, 0) is 77.6 Å². The summed E-state index contributed by atoms with van der Waals surface area (Å²) in [6.07, 6.45) is 4.44. The zero-order valence-electron chi connectivity index (χ0n) is 23.1. The van der Waals surface area contributed by atoms with E-state index in [4.69, 9.17) is 0 Å². The monoisotopic (exact) mass is 571 g/mol. The zero-order valence-corrected chi connectivity index (χ0v) is 23.1. The Morgan fingerprint density at radius 1 is 0.762 bits per heavy atom. The van der Waals surface area contributed by atoms with E-state index in [0.717, 1.165) is 60.1 Å². The Bertz CT molecular complexity index is 1480. The third kappa shape index (κ3) is 7.43. The average Bonchev–Trinajstić information content (AvgIpc) is 3.01. The highest BCUT2D eigenvalue weighted by Gasteiger charge is 2.30. The van der Waals surface area contributed by atoms with E-state index in [9.17, 15) is 22.8 Å². The van der Waals surface area contributed by atoms with Crippen molar-refractivity contribution in [2.24, 2.45) is 0 Å². The van der Waals surface area contributed by atoms with E-state index in [2.05, 4.69) is 10.3 Å². The summed E-state index contributed by atoms with van der Waals surface area (Å²) >= 11 is 0. The van der Waals surface area contributed by atoms with Crippen molar-refractivity contribution in [3.05, 3.63) is 125 Å². The number of benzene rings is 3. The number of pyridine rings is 1. The van der Waals surface area contributed by atoms with Gasteiger partial charge in [0.25, 0.3) is 11.8 Å². The van der Waals surface area contributed by atoms with Crippen molar-refractivity contribution in [1.82, 2.24) is 15.2 Å². The van der Waals surface area contributed by atoms with Gasteiger partial charge in [-0.1, -0.05) is 61.7 Å². The molecule has 1 heterocycles. The Balaban J connectivity index is 1.28. The van der Waals surface area contributed by atoms with Crippen LogP contribution in [0.3, 0.4) is 0 Å². The molecule has 1 saturated carbocycles. The van der Waals surface area contributed by atoms with Gasteiger partial charge < -0.3 is 10.2 Å². The van der Waals surface area contributed by atoms with Gasteiger partial charge in [0, 0.05) is 42.7 Å². The summed E-state index contributed by atoms with van der Waals surface area (Å²) in [4.78, 5) is 31.8. The molecule has 1 fully saturated rings. The van der Waals surface area contributed by atoms with E-state index in [1.807, 2.05) is 54.6 Å². The predicted octanol–water partition coefficient (Wildman–Crippen LogP) is 7.67. The number of halogens is 3. The van der Waals surface area contributed by atoms with Gasteiger partial charge in [0.05, 0.1) is 5.56 Å². The molecule has 1 aromatic heterocycles. The maximum Gasteiger partial charge on any atom is 0.416 e. The van der Waals surface area contributed by atoms with Crippen LogP contribution in [0, 0.1) is 0 Å². The van der Waals surface area contributed by atoms with Crippen LogP contribution in [-0.4, -0.2) is 27.7 Å². The van der Waals surface area contributed by atoms with Crippen LogP contribution in [0.4, 0.5) is 13.2 Å². The number of hydrogen-bond donors (Lipinski definition) is 1. The fourth-order valence-electron chi connectivity index (χ4n) is 5.25. The van der Waals surface area contributed by atoms with Crippen molar-refractivity contribution in [2.75, 3.05) is 0 Å². The number of carbonyl (C=O) groups is 2. The van der Waals surface area contributed by atoms with Crippen LogP contribution in [-0.2, 0) is 19.3 Å². The van der Waals surface area contributed by atoms with Crippen LogP contribution in [0.2, 0.25) is 0 Å². The summed E-state index contributed by atoms with van der Waals surface area (Å²) in [5, 5.41) is 3.14. The highest BCUT2D eigenvalue weighted by Crippen LogP contribution is 2.29. The Hall–Kier alpha value is -4.46. The lowest BCUT2D eigenvalue weighted by Gasteiger charge is -2.23. The minimum atomic E-state index is -4.47. The second kappa shape index (κ2) is 13.0. The van der Waals surface area contributed by atoms with E-state index < -0.39 is 11.7 Å².